The Bertz CT molecular complexity index is 1090. The van der Waals surface area contributed by atoms with Gasteiger partial charge in [0.25, 0.3) is 5.91 Å². The van der Waals surface area contributed by atoms with Crippen LogP contribution < -0.4 is 0 Å². The molecule has 1 unspecified atom stereocenters. The fraction of sp³-hybridized carbons (Fsp3) is 0.364. The Morgan fingerprint density at radius 3 is 2.55 bits per heavy atom. The molecule has 29 heavy (non-hydrogen) atoms. The normalized spacial score (nSPS) is 19.2. The van der Waals surface area contributed by atoms with Gasteiger partial charge in [0.05, 0.1) is 28.3 Å². The van der Waals surface area contributed by atoms with Crippen molar-refractivity contribution in [2.75, 3.05) is 13.1 Å². The fourth-order valence-corrected chi connectivity index (χ4v) is 3.81. The molecular weight excluding hydrogens is 368 g/mol. The molecule has 4 rings (SSSR count). The molecule has 0 bridgehead atoms. The Hall–Kier alpha value is -3.22. The lowest BCUT2D eigenvalue weighted by Crippen LogP contribution is -2.35. The van der Waals surface area contributed by atoms with Crippen molar-refractivity contribution in [3.05, 3.63) is 48.2 Å². The predicted molar refractivity (Wildman–Crippen MR) is 110 cm³/mol. The standard InChI is InChI=1S/C22H24N4O3/c1-14(2)26-19-17(12-23-26)16(11-18(24-19)15-7-5-4-6-8-15)20(27)25-10-9-22(3,13-25)21(28)29/h4-8,11-12,14H,9-10,13H2,1-3H3,(H,28,29). The Kier molecular flexibility index (Phi) is 4.61. The van der Waals surface area contributed by atoms with Crippen LogP contribution in [0.25, 0.3) is 22.3 Å². The molecule has 0 aliphatic carbocycles. The third-order valence-electron chi connectivity index (χ3n) is 5.63. The third-order valence-corrected chi connectivity index (χ3v) is 5.63. The average Bonchev–Trinajstić information content (AvgIpc) is 3.32. The van der Waals surface area contributed by atoms with Crippen molar-refractivity contribution in [2.45, 2.75) is 33.2 Å². The molecule has 0 saturated carbocycles. The first-order chi connectivity index (χ1) is 13.8. The van der Waals surface area contributed by atoms with Crippen LogP contribution in [0.1, 0.15) is 43.6 Å². The van der Waals surface area contributed by atoms with E-state index in [0.717, 1.165) is 5.56 Å². The van der Waals surface area contributed by atoms with E-state index in [1.807, 2.05) is 48.9 Å². The van der Waals surface area contributed by atoms with Gasteiger partial charge in [-0.15, -0.1) is 0 Å². The second kappa shape index (κ2) is 6.99. The van der Waals surface area contributed by atoms with Gasteiger partial charge >= 0.3 is 5.97 Å². The van der Waals surface area contributed by atoms with E-state index in [-0.39, 0.29) is 18.5 Å². The van der Waals surface area contributed by atoms with Crippen LogP contribution in [0.2, 0.25) is 0 Å². The second-order valence-corrected chi connectivity index (χ2v) is 8.18. The number of benzene rings is 1. The summed E-state index contributed by atoms with van der Waals surface area (Å²) in [6.45, 7) is 6.35. The van der Waals surface area contributed by atoms with Gasteiger partial charge in [-0.25, -0.2) is 9.67 Å². The molecule has 1 saturated heterocycles. The highest BCUT2D eigenvalue weighted by atomic mass is 16.4. The maximum Gasteiger partial charge on any atom is 0.311 e. The maximum atomic E-state index is 13.4. The number of carbonyl (C=O) groups excluding carboxylic acids is 1. The summed E-state index contributed by atoms with van der Waals surface area (Å²) in [4.78, 5) is 31.4. The zero-order valence-electron chi connectivity index (χ0n) is 16.8. The third kappa shape index (κ3) is 3.26. The topological polar surface area (TPSA) is 88.3 Å². The molecule has 1 atom stereocenters. The minimum atomic E-state index is -0.911. The van der Waals surface area contributed by atoms with Crippen LogP contribution in [-0.4, -0.2) is 49.7 Å². The first-order valence-electron chi connectivity index (χ1n) is 9.76. The van der Waals surface area contributed by atoms with Crippen molar-refractivity contribution in [1.82, 2.24) is 19.7 Å². The summed E-state index contributed by atoms with van der Waals surface area (Å²) in [7, 11) is 0. The zero-order valence-corrected chi connectivity index (χ0v) is 16.8. The number of aromatic nitrogens is 3. The van der Waals surface area contributed by atoms with Gasteiger partial charge in [-0.1, -0.05) is 30.3 Å². The number of fused-ring (bicyclic) bond motifs is 1. The molecule has 7 heteroatoms. The lowest BCUT2D eigenvalue weighted by molar-refractivity contribution is -0.147. The van der Waals surface area contributed by atoms with Crippen molar-refractivity contribution >= 4 is 22.9 Å². The fourth-order valence-electron chi connectivity index (χ4n) is 3.81. The molecule has 0 radical (unpaired) electrons. The minimum absolute atomic E-state index is 0.0936. The molecule has 150 valence electrons. The smallest absolute Gasteiger partial charge is 0.311 e. The highest BCUT2D eigenvalue weighted by Crippen LogP contribution is 2.33. The lowest BCUT2D eigenvalue weighted by atomic mass is 9.90. The van der Waals surface area contributed by atoms with E-state index in [1.165, 1.54) is 0 Å². The number of rotatable bonds is 4. The summed E-state index contributed by atoms with van der Waals surface area (Å²) in [5.41, 5.74) is 1.87. The number of aliphatic carboxylic acids is 1. The van der Waals surface area contributed by atoms with Crippen molar-refractivity contribution < 1.29 is 14.7 Å². The van der Waals surface area contributed by atoms with Gasteiger partial charge in [0.1, 0.15) is 0 Å². The molecule has 2 aromatic heterocycles. The van der Waals surface area contributed by atoms with Crippen LogP contribution in [0, 0.1) is 5.41 Å². The summed E-state index contributed by atoms with van der Waals surface area (Å²) in [6.07, 6.45) is 2.12. The summed E-state index contributed by atoms with van der Waals surface area (Å²) >= 11 is 0. The quantitative estimate of drug-likeness (QED) is 0.733. The van der Waals surface area contributed by atoms with Gasteiger partial charge in [-0.05, 0) is 33.3 Å². The maximum absolute atomic E-state index is 13.4. The number of pyridine rings is 1. The van der Waals surface area contributed by atoms with E-state index in [1.54, 1.807) is 24.1 Å². The number of hydrogen-bond acceptors (Lipinski definition) is 4. The van der Waals surface area contributed by atoms with Gasteiger partial charge in [-0.2, -0.15) is 5.10 Å². The average molecular weight is 392 g/mol. The van der Waals surface area contributed by atoms with E-state index >= 15 is 0 Å². The largest absolute Gasteiger partial charge is 0.481 e. The van der Waals surface area contributed by atoms with E-state index in [2.05, 4.69) is 5.10 Å². The first-order valence-corrected chi connectivity index (χ1v) is 9.76. The second-order valence-electron chi connectivity index (χ2n) is 8.18. The predicted octanol–water partition coefficient (Wildman–Crippen LogP) is 3.62. The highest BCUT2D eigenvalue weighted by molar-refractivity contribution is 6.06. The monoisotopic (exact) mass is 392 g/mol. The van der Waals surface area contributed by atoms with Crippen LogP contribution in [-0.2, 0) is 4.79 Å². The van der Waals surface area contributed by atoms with Gasteiger partial charge in [0.2, 0.25) is 0 Å². The van der Waals surface area contributed by atoms with E-state index < -0.39 is 11.4 Å². The molecule has 7 nitrogen and oxygen atoms in total. The van der Waals surface area contributed by atoms with Crippen molar-refractivity contribution in [1.29, 1.82) is 0 Å². The number of hydrogen-bond donors (Lipinski definition) is 1. The van der Waals surface area contributed by atoms with Crippen LogP contribution in [0.15, 0.2) is 42.6 Å². The summed E-state index contributed by atoms with van der Waals surface area (Å²) < 4.78 is 1.81. The SMILES string of the molecule is CC(C)n1ncc2c(C(=O)N3CCC(C)(C(=O)O)C3)cc(-c3ccccc3)nc21. The number of likely N-dealkylation sites (tertiary alicyclic amines) is 1. The first kappa shape index (κ1) is 19.1. The van der Waals surface area contributed by atoms with Crippen LogP contribution >= 0.6 is 0 Å². The van der Waals surface area contributed by atoms with Gasteiger partial charge in [-0.3, -0.25) is 9.59 Å². The van der Waals surface area contributed by atoms with Crippen LogP contribution in [0.5, 0.6) is 0 Å². The summed E-state index contributed by atoms with van der Waals surface area (Å²) in [5, 5.41) is 14.6. The van der Waals surface area contributed by atoms with Gasteiger partial charge in [0.15, 0.2) is 5.65 Å². The summed E-state index contributed by atoms with van der Waals surface area (Å²) in [5.74, 6) is -1.05. The number of carboxylic acid groups (broad SMARTS) is 1. The molecule has 1 aliphatic rings. The van der Waals surface area contributed by atoms with E-state index in [0.29, 0.717) is 35.3 Å². The van der Waals surface area contributed by atoms with E-state index in [4.69, 9.17) is 4.98 Å². The Balaban J connectivity index is 1.83. The Morgan fingerprint density at radius 2 is 1.93 bits per heavy atom. The number of nitrogens with zero attached hydrogens (tertiary/aromatic N) is 4. The molecule has 1 fully saturated rings. The molecule has 0 spiro atoms. The Morgan fingerprint density at radius 1 is 1.21 bits per heavy atom. The van der Waals surface area contributed by atoms with Gasteiger partial charge in [0, 0.05) is 24.7 Å². The molecular formula is C22H24N4O3. The molecule has 1 N–H and O–H groups in total. The zero-order chi connectivity index (χ0) is 20.8. The molecule has 3 heterocycles. The number of carboxylic acids is 1. The number of amides is 1. The molecule has 3 aromatic rings. The molecule has 1 amide bonds. The minimum Gasteiger partial charge on any atom is -0.481 e. The lowest BCUT2D eigenvalue weighted by Gasteiger charge is -2.21. The van der Waals surface area contributed by atoms with Crippen molar-refractivity contribution in [2.24, 2.45) is 5.41 Å². The summed E-state index contributed by atoms with van der Waals surface area (Å²) in [6, 6.07) is 11.6. The van der Waals surface area contributed by atoms with Crippen molar-refractivity contribution in [3.63, 3.8) is 0 Å². The van der Waals surface area contributed by atoms with Crippen LogP contribution in [0.4, 0.5) is 0 Å². The van der Waals surface area contributed by atoms with E-state index in [9.17, 15) is 14.7 Å². The van der Waals surface area contributed by atoms with Gasteiger partial charge < -0.3 is 10.0 Å². The van der Waals surface area contributed by atoms with Crippen molar-refractivity contribution in [3.8, 4) is 11.3 Å². The molecule has 1 aromatic carbocycles. The van der Waals surface area contributed by atoms with Crippen LogP contribution in [0.3, 0.4) is 0 Å². The highest BCUT2D eigenvalue weighted by Gasteiger charge is 2.42. The molecule has 1 aliphatic heterocycles. The number of carbonyl (C=O) groups is 2. The Labute approximate surface area is 169 Å².